The maximum Gasteiger partial charge on any atom is 0.146 e. The smallest absolute Gasteiger partial charge is 0.146 e. The van der Waals surface area contributed by atoms with Gasteiger partial charge in [-0.25, -0.2) is 9.97 Å². The molecule has 0 saturated carbocycles. The summed E-state index contributed by atoms with van der Waals surface area (Å²) < 4.78 is 10.7. The predicted octanol–water partition coefficient (Wildman–Crippen LogP) is 2.80. The van der Waals surface area contributed by atoms with Crippen LogP contribution in [-0.4, -0.2) is 43.3 Å². The Balaban J connectivity index is 1.78. The minimum Gasteiger partial charge on any atom is -0.497 e. The lowest BCUT2D eigenvalue weighted by molar-refractivity contribution is 0.347. The van der Waals surface area contributed by atoms with Crippen LogP contribution in [-0.2, 0) is 0 Å². The highest BCUT2D eigenvalue weighted by Crippen LogP contribution is 2.32. The molecule has 1 aliphatic heterocycles. The van der Waals surface area contributed by atoms with Gasteiger partial charge in [-0.1, -0.05) is 13.3 Å². The third-order valence-electron chi connectivity index (χ3n) is 4.97. The molecule has 0 amide bonds. The van der Waals surface area contributed by atoms with Gasteiger partial charge < -0.3 is 25.4 Å². The first-order valence-electron chi connectivity index (χ1n) is 8.96. The zero-order valence-electron chi connectivity index (χ0n) is 15.6. The summed E-state index contributed by atoms with van der Waals surface area (Å²) in [6.45, 7) is 4.04. The molecular weight excluding hydrogens is 330 g/mol. The van der Waals surface area contributed by atoms with Crippen molar-refractivity contribution in [1.82, 2.24) is 9.97 Å². The van der Waals surface area contributed by atoms with E-state index in [-0.39, 0.29) is 6.04 Å². The fraction of sp³-hybridized carbons (Fsp3) is 0.474. The Morgan fingerprint density at radius 1 is 1.23 bits per heavy atom. The SMILES string of the molecule is CCC1CN(c2cc(Nc3ccc(OC)cc3OC)ncn2)CCC1N. The lowest BCUT2D eigenvalue weighted by Crippen LogP contribution is -2.47. The molecule has 2 heterocycles. The predicted molar refractivity (Wildman–Crippen MR) is 103 cm³/mol. The standard InChI is InChI=1S/C19H27N5O2/c1-4-13-11-24(8-7-15(13)20)19-10-18(21-12-22-19)23-16-6-5-14(25-2)9-17(16)26-3/h5-6,9-10,12-13,15H,4,7-8,11,20H2,1-3H3,(H,21,22,23). The minimum atomic E-state index is 0.277. The lowest BCUT2D eigenvalue weighted by atomic mass is 9.91. The van der Waals surface area contributed by atoms with Gasteiger partial charge in [-0.15, -0.1) is 0 Å². The maximum atomic E-state index is 6.22. The van der Waals surface area contributed by atoms with Crippen molar-refractivity contribution in [3.05, 3.63) is 30.6 Å². The lowest BCUT2D eigenvalue weighted by Gasteiger charge is -2.37. The van der Waals surface area contributed by atoms with Gasteiger partial charge in [0.2, 0.25) is 0 Å². The van der Waals surface area contributed by atoms with Crippen LogP contribution in [0.4, 0.5) is 17.3 Å². The Hall–Kier alpha value is -2.54. The summed E-state index contributed by atoms with van der Waals surface area (Å²) in [5.74, 6) is 3.57. The number of methoxy groups -OCH3 is 2. The van der Waals surface area contributed by atoms with E-state index >= 15 is 0 Å². The van der Waals surface area contributed by atoms with E-state index in [1.165, 1.54) is 0 Å². The molecule has 1 aromatic carbocycles. The van der Waals surface area contributed by atoms with Crippen molar-refractivity contribution in [1.29, 1.82) is 0 Å². The molecule has 1 aromatic heterocycles. The second-order valence-corrected chi connectivity index (χ2v) is 6.52. The molecule has 3 N–H and O–H groups in total. The molecule has 0 bridgehead atoms. The van der Waals surface area contributed by atoms with Crippen LogP contribution >= 0.6 is 0 Å². The zero-order valence-corrected chi connectivity index (χ0v) is 15.6. The molecule has 1 aliphatic rings. The highest BCUT2D eigenvalue weighted by Gasteiger charge is 2.26. The summed E-state index contributed by atoms with van der Waals surface area (Å²) in [5, 5.41) is 3.31. The van der Waals surface area contributed by atoms with Crippen LogP contribution in [0.25, 0.3) is 0 Å². The van der Waals surface area contributed by atoms with E-state index in [9.17, 15) is 0 Å². The summed E-state index contributed by atoms with van der Waals surface area (Å²) in [6, 6.07) is 7.87. The number of anilines is 3. The molecule has 1 saturated heterocycles. The van der Waals surface area contributed by atoms with Crippen molar-refractivity contribution in [3.63, 3.8) is 0 Å². The van der Waals surface area contributed by atoms with Crippen molar-refractivity contribution < 1.29 is 9.47 Å². The summed E-state index contributed by atoms with van der Waals surface area (Å²) >= 11 is 0. The Labute approximate surface area is 154 Å². The Morgan fingerprint density at radius 2 is 2.08 bits per heavy atom. The molecule has 2 unspecified atom stereocenters. The van der Waals surface area contributed by atoms with Crippen LogP contribution in [0.2, 0.25) is 0 Å². The highest BCUT2D eigenvalue weighted by atomic mass is 16.5. The van der Waals surface area contributed by atoms with Crippen molar-refractivity contribution in [2.75, 3.05) is 37.5 Å². The van der Waals surface area contributed by atoms with Crippen molar-refractivity contribution in [3.8, 4) is 11.5 Å². The van der Waals surface area contributed by atoms with Gasteiger partial charge in [0.25, 0.3) is 0 Å². The van der Waals surface area contributed by atoms with Crippen molar-refractivity contribution >= 4 is 17.3 Å². The number of benzene rings is 1. The normalized spacial score (nSPS) is 19.9. The number of hydrogen-bond donors (Lipinski definition) is 2. The van der Waals surface area contributed by atoms with E-state index in [1.54, 1.807) is 20.5 Å². The highest BCUT2D eigenvalue weighted by molar-refractivity contribution is 5.67. The van der Waals surface area contributed by atoms with Crippen molar-refractivity contribution in [2.24, 2.45) is 11.7 Å². The Kier molecular flexibility index (Phi) is 5.78. The molecule has 0 radical (unpaired) electrons. The first-order chi connectivity index (χ1) is 12.6. The number of hydrogen-bond acceptors (Lipinski definition) is 7. The van der Waals surface area contributed by atoms with E-state index in [4.69, 9.17) is 15.2 Å². The molecule has 3 rings (SSSR count). The fourth-order valence-electron chi connectivity index (χ4n) is 3.32. The van der Waals surface area contributed by atoms with Gasteiger partial charge in [-0.3, -0.25) is 0 Å². The van der Waals surface area contributed by atoms with Gasteiger partial charge in [0.05, 0.1) is 19.9 Å². The third-order valence-corrected chi connectivity index (χ3v) is 4.97. The number of nitrogens with zero attached hydrogens (tertiary/aromatic N) is 3. The number of aromatic nitrogens is 2. The number of nitrogens with two attached hydrogens (primary N) is 1. The van der Waals surface area contributed by atoms with E-state index < -0.39 is 0 Å². The van der Waals surface area contributed by atoms with Crippen LogP contribution in [0, 0.1) is 5.92 Å². The molecular formula is C19H27N5O2. The maximum absolute atomic E-state index is 6.22. The van der Waals surface area contributed by atoms with Crippen LogP contribution in [0.5, 0.6) is 11.5 Å². The third kappa shape index (κ3) is 3.99. The molecule has 0 aliphatic carbocycles. The first kappa shape index (κ1) is 18.3. The van der Waals surface area contributed by atoms with Gasteiger partial charge in [0.1, 0.15) is 29.5 Å². The molecule has 26 heavy (non-hydrogen) atoms. The second kappa shape index (κ2) is 8.23. The monoisotopic (exact) mass is 357 g/mol. The van der Waals surface area contributed by atoms with Gasteiger partial charge in [-0.05, 0) is 24.5 Å². The largest absolute Gasteiger partial charge is 0.497 e. The van der Waals surface area contributed by atoms with Crippen LogP contribution < -0.4 is 25.4 Å². The molecule has 7 nitrogen and oxygen atoms in total. The zero-order chi connectivity index (χ0) is 18.5. The topological polar surface area (TPSA) is 85.5 Å². The number of rotatable bonds is 6. The molecule has 7 heteroatoms. The van der Waals surface area contributed by atoms with Crippen LogP contribution in [0.1, 0.15) is 19.8 Å². The summed E-state index contributed by atoms with van der Waals surface area (Å²) in [5.41, 5.74) is 7.05. The second-order valence-electron chi connectivity index (χ2n) is 6.52. The van der Waals surface area contributed by atoms with Crippen LogP contribution in [0.15, 0.2) is 30.6 Å². The Bertz CT molecular complexity index is 740. The molecule has 0 spiro atoms. The van der Waals surface area contributed by atoms with E-state index in [1.807, 2.05) is 24.3 Å². The van der Waals surface area contributed by atoms with Gasteiger partial charge in [-0.2, -0.15) is 0 Å². The van der Waals surface area contributed by atoms with Crippen LogP contribution in [0.3, 0.4) is 0 Å². The molecule has 2 aromatic rings. The average molecular weight is 357 g/mol. The molecule has 140 valence electrons. The quantitative estimate of drug-likeness (QED) is 0.822. The number of ether oxygens (including phenoxy) is 2. The van der Waals surface area contributed by atoms with E-state index in [0.717, 1.165) is 49.0 Å². The molecule has 2 atom stereocenters. The number of nitrogens with one attached hydrogen (secondary N) is 1. The molecule has 1 fully saturated rings. The average Bonchev–Trinajstić information content (AvgIpc) is 2.69. The van der Waals surface area contributed by atoms with Gasteiger partial charge >= 0.3 is 0 Å². The van der Waals surface area contributed by atoms with E-state index in [0.29, 0.717) is 11.7 Å². The van der Waals surface area contributed by atoms with Crippen molar-refractivity contribution in [2.45, 2.75) is 25.8 Å². The summed E-state index contributed by atoms with van der Waals surface area (Å²) in [6.07, 6.45) is 3.65. The van der Waals surface area contributed by atoms with Gasteiger partial charge in [0.15, 0.2) is 0 Å². The van der Waals surface area contributed by atoms with E-state index in [2.05, 4.69) is 27.1 Å². The first-order valence-corrected chi connectivity index (χ1v) is 8.96. The minimum absolute atomic E-state index is 0.277. The summed E-state index contributed by atoms with van der Waals surface area (Å²) in [7, 11) is 3.26. The fourth-order valence-corrected chi connectivity index (χ4v) is 3.32. The van der Waals surface area contributed by atoms with Gasteiger partial charge in [0, 0.05) is 31.3 Å². The Morgan fingerprint density at radius 3 is 2.81 bits per heavy atom. The number of piperidine rings is 1. The summed E-state index contributed by atoms with van der Waals surface area (Å²) in [4.78, 5) is 11.1.